The topological polar surface area (TPSA) is 75.4 Å². The number of carbonyl (C=O) groups is 1. The maximum Gasteiger partial charge on any atom is 0.244 e. The molecule has 1 amide bonds. The fraction of sp³-hybridized carbons (Fsp3) is 0.286. The van der Waals surface area contributed by atoms with Crippen LogP contribution < -0.4 is 5.32 Å². The van der Waals surface area contributed by atoms with Crippen molar-refractivity contribution in [3.63, 3.8) is 0 Å². The van der Waals surface area contributed by atoms with Crippen LogP contribution >= 0.6 is 0 Å². The summed E-state index contributed by atoms with van der Waals surface area (Å²) in [4.78, 5) is 15.8. The van der Waals surface area contributed by atoms with Crippen molar-refractivity contribution in [3.05, 3.63) is 36.2 Å². The van der Waals surface area contributed by atoms with Crippen LogP contribution in [0.2, 0.25) is 0 Å². The molecule has 5 nitrogen and oxygen atoms in total. The second kappa shape index (κ2) is 6.15. The second-order valence-corrected chi connectivity index (χ2v) is 4.15. The van der Waals surface area contributed by atoms with Crippen LogP contribution in [0.5, 0.6) is 0 Å². The zero-order chi connectivity index (χ0) is 13.7. The Morgan fingerprint density at radius 3 is 3.00 bits per heavy atom. The number of para-hydroxylation sites is 2. The maximum absolute atomic E-state index is 11.6. The number of carbonyl (C=O) groups excluding carboxylic acids is 1. The van der Waals surface area contributed by atoms with Gasteiger partial charge in [-0.2, -0.15) is 0 Å². The number of aliphatic hydroxyl groups excluding tert-OH is 1. The first-order valence-electron chi connectivity index (χ1n) is 6.18. The zero-order valence-electron chi connectivity index (χ0n) is 10.7. The summed E-state index contributed by atoms with van der Waals surface area (Å²) in [6.07, 6.45) is 3.54. The van der Waals surface area contributed by atoms with Crippen LogP contribution in [0.1, 0.15) is 19.2 Å². The van der Waals surface area contributed by atoms with E-state index in [-0.39, 0.29) is 18.6 Å². The number of benzene rings is 1. The first-order valence-corrected chi connectivity index (χ1v) is 6.18. The molecule has 1 aromatic carbocycles. The highest BCUT2D eigenvalue weighted by Gasteiger charge is 2.07. The third kappa shape index (κ3) is 3.42. The number of oxazole rings is 1. The largest absolute Gasteiger partial charge is 0.437 e. The summed E-state index contributed by atoms with van der Waals surface area (Å²) in [6, 6.07) is 7.17. The van der Waals surface area contributed by atoms with E-state index in [1.807, 2.05) is 31.2 Å². The van der Waals surface area contributed by atoms with E-state index in [0.29, 0.717) is 17.9 Å². The highest BCUT2D eigenvalue weighted by molar-refractivity contribution is 5.91. The number of aromatic nitrogens is 1. The SMILES string of the molecule is CC[C@@H](CO)NC(=O)/C=C/c1nc2ccccc2o1. The lowest BCUT2D eigenvalue weighted by Gasteiger charge is -2.11. The van der Waals surface area contributed by atoms with Crippen molar-refractivity contribution < 1.29 is 14.3 Å². The van der Waals surface area contributed by atoms with Crippen LogP contribution in [0.25, 0.3) is 17.2 Å². The molecule has 0 fully saturated rings. The van der Waals surface area contributed by atoms with Gasteiger partial charge in [-0.15, -0.1) is 0 Å². The van der Waals surface area contributed by atoms with Crippen LogP contribution in [-0.4, -0.2) is 28.6 Å². The normalized spacial score (nSPS) is 12.9. The number of fused-ring (bicyclic) bond motifs is 1. The van der Waals surface area contributed by atoms with Crippen molar-refractivity contribution in [1.29, 1.82) is 0 Å². The van der Waals surface area contributed by atoms with Gasteiger partial charge in [-0.1, -0.05) is 19.1 Å². The summed E-state index contributed by atoms with van der Waals surface area (Å²) < 4.78 is 5.45. The molecule has 2 rings (SSSR count). The molecule has 0 saturated carbocycles. The minimum Gasteiger partial charge on any atom is -0.437 e. The Labute approximate surface area is 110 Å². The fourth-order valence-electron chi connectivity index (χ4n) is 1.63. The zero-order valence-corrected chi connectivity index (χ0v) is 10.7. The maximum atomic E-state index is 11.6. The summed E-state index contributed by atoms with van der Waals surface area (Å²) in [5, 5.41) is 11.7. The van der Waals surface area contributed by atoms with E-state index < -0.39 is 0 Å². The Balaban J connectivity index is 2.03. The molecule has 19 heavy (non-hydrogen) atoms. The van der Waals surface area contributed by atoms with Crippen LogP contribution in [0.15, 0.2) is 34.8 Å². The smallest absolute Gasteiger partial charge is 0.244 e. The van der Waals surface area contributed by atoms with Gasteiger partial charge in [0.05, 0.1) is 12.6 Å². The predicted molar refractivity (Wildman–Crippen MR) is 72.4 cm³/mol. The van der Waals surface area contributed by atoms with E-state index in [4.69, 9.17) is 9.52 Å². The van der Waals surface area contributed by atoms with E-state index in [1.165, 1.54) is 12.2 Å². The Kier molecular flexibility index (Phi) is 4.30. The van der Waals surface area contributed by atoms with Crippen LogP contribution in [0.3, 0.4) is 0 Å². The van der Waals surface area contributed by atoms with E-state index in [1.54, 1.807) is 0 Å². The summed E-state index contributed by atoms with van der Waals surface area (Å²) >= 11 is 0. The number of hydrogen-bond acceptors (Lipinski definition) is 4. The summed E-state index contributed by atoms with van der Waals surface area (Å²) in [7, 11) is 0. The highest BCUT2D eigenvalue weighted by Crippen LogP contribution is 2.15. The summed E-state index contributed by atoms with van der Waals surface area (Å²) in [5.41, 5.74) is 1.44. The number of rotatable bonds is 5. The lowest BCUT2D eigenvalue weighted by molar-refractivity contribution is -0.117. The average Bonchev–Trinajstić information content (AvgIpc) is 2.85. The first-order chi connectivity index (χ1) is 9.22. The molecular formula is C14H16N2O3. The van der Waals surface area contributed by atoms with E-state index in [9.17, 15) is 4.79 Å². The fourth-order valence-corrected chi connectivity index (χ4v) is 1.63. The third-order valence-corrected chi connectivity index (χ3v) is 2.75. The molecule has 0 spiro atoms. The minimum atomic E-state index is -0.275. The van der Waals surface area contributed by atoms with Crippen molar-refractivity contribution >= 4 is 23.1 Å². The van der Waals surface area contributed by atoms with Crippen molar-refractivity contribution in [2.45, 2.75) is 19.4 Å². The molecule has 0 saturated heterocycles. The second-order valence-electron chi connectivity index (χ2n) is 4.15. The first kappa shape index (κ1) is 13.3. The van der Waals surface area contributed by atoms with Gasteiger partial charge in [0.2, 0.25) is 11.8 Å². The lowest BCUT2D eigenvalue weighted by Crippen LogP contribution is -2.35. The van der Waals surface area contributed by atoms with E-state index in [2.05, 4.69) is 10.3 Å². The molecule has 0 aliphatic heterocycles. The number of hydrogen-bond donors (Lipinski definition) is 2. The van der Waals surface area contributed by atoms with Gasteiger partial charge in [0.1, 0.15) is 5.52 Å². The molecule has 0 aliphatic carbocycles. The molecule has 2 N–H and O–H groups in total. The monoisotopic (exact) mass is 260 g/mol. The molecule has 0 aliphatic rings. The van der Waals surface area contributed by atoms with E-state index in [0.717, 1.165) is 5.52 Å². The van der Waals surface area contributed by atoms with Gasteiger partial charge >= 0.3 is 0 Å². The molecule has 5 heteroatoms. The highest BCUT2D eigenvalue weighted by atomic mass is 16.3. The molecule has 2 aromatic rings. The average molecular weight is 260 g/mol. The molecule has 0 bridgehead atoms. The number of nitrogens with zero attached hydrogens (tertiary/aromatic N) is 1. The van der Waals surface area contributed by atoms with Gasteiger partial charge in [-0.3, -0.25) is 4.79 Å². The molecule has 1 atom stereocenters. The molecule has 0 radical (unpaired) electrons. The van der Waals surface area contributed by atoms with Crippen LogP contribution in [-0.2, 0) is 4.79 Å². The number of aliphatic hydroxyl groups is 1. The molecule has 0 unspecified atom stereocenters. The summed E-state index contributed by atoms with van der Waals surface area (Å²) in [6.45, 7) is 1.82. The van der Waals surface area contributed by atoms with Gasteiger partial charge in [-0.05, 0) is 18.6 Å². The van der Waals surface area contributed by atoms with Crippen molar-refractivity contribution in [2.75, 3.05) is 6.61 Å². The minimum absolute atomic E-state index is 0.0705. The quantitative estimate of drug-likeness (QED) is 0.803. The van der Waals surface area contributed by atoms with Crippen molar-refractivity contribution in [3.8, 4) is 0 Å². The van der Waals surface area contributed by atoms with Crippen molar-refractivity contribution in [1.82, 2.24) is 10.3 Å². The Bertz CT molecular complexity index is 552. The summed E-state index contributed by atoms with van der Waals surface area (Å²) in [5.74, 6) is 0.108. The number of amides is 1. The van der Waals surface area contributed by atoms with Gasteiger partial charge < -0.3 is 14.8 Å². The van der Waals surface area contributed by atoms with Gasteiger partial charge in [0.25, 0.3) is 0 Å². The van der Waals surface area contributed by atoms with Gasteiger partial charge in [0.15, 0.2) is 5.58 Å². The number of nitrogens with one attached hydrogen (secondary N) is 1. The standard InChI is InChI=1S/C14H16N2O3/c1-2-10(9-17)15-13(18)7-8-14-16-11-5-3-4-6-12(11)19-14/h3-8,10,17H,2,9H2,1H3,(H,15,18)/b8-7+/t10-/m0/s1. The van der Waals surface area contributed by atoms with Crippen LogP contribution in [0, 0.1) is 0 Å². The Hall–Kier alpha value is -2.14. The van der Waals surface area contributed by atoms with Crippen molar-refractivity contribution in [2.24, 2.45) is 0 Å². The van der Waals surface area contributed by atoms with Crippen LogP contribution in [0.4, 0.5) is 0 Å². The molecular weight excluding hydrogens is 244 g/mol. The lowest BCUT2D eigenvalue weighted by atomic mass is 10.2. The molecule has 100 valence electrons. The predicted octanol–water partition coefficient (Wildman–Crippen LogP) is 1.73. The molecule has 1 heterocycles. The Morgan fingerprint density at radius 1 is 1.53 bits per heavy atom. The Morgan fingerprint density at radius 2 is 2.32 bits per heavy atom. The third-order valence-electron chi connectivity index (χ3n) is 2.75. The van der Waals surface area contributed by atoms with E-state index >= 15 is 0 Å². The van der Waals surface area contributed by atoms with Gasteiger partial charge in [-0.25, -0.2) is 4.98 Å². The molecule has 1 aromatic heterocycles. The van der Waals surface area contributed by atoms with Gasteiger partial charge in [0, 0.05) is 12.2 Å².